The Morgan fingerprint density at radius 3 is 2.55 bits per heavy atom. The number of nitrogens with one attached hydrogen (secondary N) is 1. The first-order chi connectivity index (χ1) is 16.2. The van der Waals surface area contributed by atoms with Crippen molar-refractivity contribution in [1.29, 1.82) is 0 Å². The highest BCUT2D eigenvalue weighted by atomic mass is 32.1. The number of rotatable bonds is 10. The van der Waals surface area contributed by atoms with Crippen molar-refractivity contribution in [2.45, 2.75) is 38.0 Å². The van der Waals surface area contributed by atoms with Gasteiger partial charge in [0.2, 0.25) is 0 Å². The van der Waals surface area contributed by atoms with E-state index < -0.39 is 5.91 Å². The van der Waals surface area contributed by atoms with Crippen molar-refractivity contribution in [1.82, 2.24) is 15.3 Å². The molecule has 1 saturated heterocycles. The quantitative estimate of drug-likeness (QED) is 0.405. The number of nitrogens with zero attached hydrogens (tertiary/aromatic N) is 2. The molecule has 7 heteroatoms. The normalized spacial score (nSPS) is 21.9. The minimum absolute atomic E-state index is 0.408. The topological polar surface area (TPSA) is 65.0 Å². The number of thiophene rings is 1. The minimum Gasteiger partial charge on any atom is -0.379 e. The first kappa shape index (κ1) is 24.4. The van der Waals surface area contributed by atoms with Crippen molar-refractivity contribution >= 4 is 17.2 Å². The summed E-state index contributed by atoms with van der Waals surface area (Å²) in [6.45, 7) is 8.35. The molecule has 0 spiro atoms. The number of amides is 1. The molecule has 2 heterocycles. The van der Waals surface area contributed by atoms with Gasteiger partial charge in [0.05, 0.1) is 18.1 Å². The van der Waals surface area contributed by atoms with E-state index in [1.807, 2.05) is 6.07 Å². The van der Waals surface area contributed by atoms with Crippen LogP contribution >= 0.6 is 11.3 Å². The highest BCUT2D eigenvalue weighted by molar-refractivity contribution is 7.14. The summed E-state index contributed by atoms with van der Waals surface area (Å²) in [6, 6.07) is 14.7. The molecule has 2 fully saturated rings. The molecular weight excluding hydrogens is 434 g/mol. The molecule has 1 aliphatic heterocycles. The fraction of sp³-hybridized carbons (Fsp3) is 0.577. The van der Waals surface area contributed by atoms with Gasteiger partial charge in [0, 0.05) is 44.1 Å². The summed E-state index contributed by atoms with van der Waals surface area (Å²) in [6.07, 6.45) is 5.94. The van der Waals surface area contributed by atoms with Gasteiger partial charge >= 0.3 is 0 Å². The van der Waals surface area contributed by atoms with Crippen LogP contribution < -0.4 is 5.48 Å². The van der Waals surface area contributed by atoms with E-state index in [-0.39, 0.29) is 0 Å². The van der Waals surface area contributed by atoms with Gasteiger partial charge in [-0.05, 0) is 61.6 Å². The molecule has 0 atom stereocenters. The Morgan fingerprint density at radius 2 is 1.82 bits per heavy atom. The molecular formula is C26H37N3O3S. The van der Waals surface area contributed by atoms with E-state index in [0.29, 0.717) is 10.8 Å². The van der Waals surface area contributed by atoms with Crippen LogP contribution in [0, 0.1) is 5.92 Å². The fourth-order valence-electron chi connectivity index (χ4n) is 5.08. The third-order valence-corrected chi connectivity index (χ3v) is 8.36. The number of carbonyl (C=O) groups is 1. The lowest BCUT2D eigenvalue weighted by molar-refractivity contribution is 0.0322. The molecule has 1 aromatic heterocycles. The Balaban J connectivity index is 1.28. The summed E-state index contributed by atoms with van der Waals surface area (Å²) in [7, 11) is 0. The standard InChI is InChI=1S/C26H37N3O3S/c30-26(27-31)25-11-10-24(33-25)23-8-6-22(7-9-23)20-29(13-12-21-4-2-1-3-5-21)15-14-28-16-18-32-19-17-28/h1-5,10-11,22-23,31H,6-9,12-20H2,(H,27,30). The summed E-state index contributed by atoms with van der Waals surface area (Å²) >= 11 is 1.52. The van der Waals surface area contributed by atoms with Crippen molar-refractivity contribution in [2.75, 3.05) is 52.5 Å². The Labute approximate surface area is 201 Å². The number of hydrogen-bond acceptors (Lipinski definition) is 6. The van der Waals surface area contributed by atoms with E-state index >= 15 is 0 Å². The smallest absolute Gasteiger partial charge is 0.284 e. The van der Waals surface area contributed by atoms with E-state index in [4.69, 9.17) is 9.94 Å². The van der Waals surface area contributed by atoms with Gasteiger partial charge < -0.3 is 9.64 Å². The highest BCUT2D eigenvalue weighted by Gasteiger charge is 2.26. The van der Waals surface area contributed by atoms with E-state index in [1.54, 1.807) is 5.48 Å². The van der Waals surface area contributed by atoms with Crippen molar-refractivity contribution in [3.8, 4) is 0 Å². The van der Waals surface area contributed by atoms with Crippen molar-refractivity contribution in [2.24, 2.45) is 5.92 Å². The highest BCUT2D eigenvalue weighted by Crippen LogP contribution is 2.39. The zero-order valence-corrected chi connectivity index (χ0v) is 20.3. The largest absolute Gasteiger partial charge is 0.379 e. The monoisotopic (exact) mass is 471 g/mol. The molecule has 1 saturated carbocycles. The molecule has 6 nitrogen and oxygen atoms in total. The van der Waals surface area contributed by atoms with Crippen LogP contribution in [0.4, 0.5) is 0 Å². The average Bonchev–Trinajstić information content (AvgIpc) is 3.37. The maximum atomic E-state index is 11.7. The second-order valence-corrected chi connectivity index (χ2v) is 10.5. The number of hydrogen-bond donors (Lipinski definition) is 2. The molecule has 1 amide bonds. The zero-order chi connectivity index (χ0) is 22.9. The molecule has 1 aliphatic carbocycles. The summed E-state index contributed by atoms with van der Waals surface area (Å²) in [5.41, 5.74) is 3.16. The predicted molar refractivity (Wildman–Crippen MR) is 132 cm³/mol. The summed E-state index contributed by atoms with van der Waals surface area (Å²) in [4.78, 5) is 18.7. The molecule has 4 rings (SSSR count). The van der Waals surface area contributed by atoms with Crippen molar-refractivity contribution < 1.29 is 14.7 Å². The number of hydroxylamine groups is 1. The van der Waals surface area contributed by atoms with Gasteiger partial charge in [-0.3, -0.25) is 14.9 Å². The van der Waals surface area contributed by atoms with Crippen LogP contribution in [0.5, 0.6) is 0 Å². The maximum Gasteiger partial charge on any atom is 0.284 e. The molecule has 2 aromatic rings. The lowest BCUT2D eigenvalue weighted by atomic mass is 9.81. The molecule has 2 N–H and O–H groups in total. The second-order valence-electron chi connectivity index (χ2n) is 9.35. The van der Waals surface area contributed by atoms with E-state index in [2.05, 4.69) is 46.2 Å². The molecule has 0 bridgehead atoms. The Kier molecular flexibility index (Phi) is 9.32. The van der Waals surface area contributed by atoms with E-state index in [1.165, 1.54) is 54.0 Å². The Bertz CT molecular complexity index is 845. The van der Waals surface area contributed by atoms with Crippen molar-refractivity contribution in [3.63, 3.8) is 0 Å². The fourth-order valence-corrected chi connectivity index (χ4v) is 6.14. The molecule has 2 aliphatic rings. The SMILES string of the molecule is O=C(NO)c1ccc(C2CCC(CN(CCc3ccccc3)CCN3CCOCC3)CC2)s1. The van der Waals surface area contributed by atoms with Gasteiger partial charge in [-0.2, -0.15) is 0 Å². The summed E-state index contributed by atoms with van der Waals surface area (Å²) < 4.78 is 5.51. The minimum atomic E-state index is -0.408. The number of ether oxygens (including phenoxy) is 1. The Morgan fingerprint density at radius 1 is 1.06 bits per heavy atom. The maximum absolute atomic E-state index is 11.7. The first-order valence-corrected chi connectivity index (χ1v) is 13.1. The molecule has 33 heavy (non-hydrogen) atoms. The molecule has 0 radical (unpaired) electrons. The first-order valence-electron chi connectivity index (χ1n) is 12.3. The Hall–Kier alpha value is -1.77. The second kappa shape index (κ2) is 12.6. The molecule has 0 unspecified atom stereocenters. The van der Waals surface area contributed by atoms with Gasteiger partial charge in [0.15, 0.2) is 0 Å². The van der Waals surface area contributed by atoms with Gasteiger partial charge in [-0.15, -0.1) is 11.3 Å². The van der Waals surface area contributed by atoms with Crippen molar-refractivity contribution in [3.05, 3.63) is 57.8 Å². The summed E-state index contributed by atoms with van der Waals surface area (Å²) in [5.74, 6) is 0.869. The third kappa shape index (κ3) is 7.36. The lowest BCUT2D eigenvalue weighted by Crippen LogP contribution is -2.43. The number of carbonyl (C=O) groups excluding carboxylic acids is 1. The van der Waals surface area contributed by atoms with Crippen LogP contribution in [-0.2, 0) is 11.2 Å². The molecule has 180 valence electrons. The predicted octanol–water partition coefficient (Wildman–Crippen LogP) is 4.02. The summed E-state index contributed by atoms with van der Waals surface area (Å²) in [5, 5.41) is 8.86. The third-order valence-electron chi connectivity index (χ3n) is 7.11. The van der Waals surface area contributed by atoms with Crippen LogP contribution in [0.15, 0.2) is 42.5 Å². The van der Waals surface area contributed by atoms with E-state index in [0.717, 1.165) is 58.3 Å². The van der Waals surface area contributed by atoms with Gasteiger partial charge in [-0.25, -0.2) is 5.48 Å². The zero-order valence-electron chi connectivity index (χ0n) is 19.5. The van der Waals surface area contributed by atoms with Crippen LogP contribution in [0.25, 0.3) is 0 Å². The number of benzene rings is 1. The lowest BCUT2D eigenvalue weighted by Gasteiger charge is -2.34. The molecule has 1 aromatic carbocycles. The van der Waals surface area contributed by atoms with Gasteiger partial charge in [0.1, 0.15) is 0 Å². The average molecular weight is 472 g/mol. The van der Waals surface area contributed by atoms with Gasteiger partial charge in [0.25, 0.3) is 5.91 Å². The van der Waals surface area contributed by atoms with Crippen LogP contribution in [-0.4, -0.2) is 73.4 Å². The number of morpholine rings is 1. The van der Waals surface area contributed by atoms with Crippen LogP contribution in [0.3, 0.4) is 0 Å². The van der Waals surface area contributed by atoms with Crippen LogP contribution in [0.1, 0.15) is 51.7 Å². The van der Waals surface area contributed by atoms with Crippen LogP contribution in [0.2, 0.25) is 0 Å². The van der Waals surface area contributed by atoms with Gasteiger partial charge in [-0.1, -0.05) is 30.3 Å². The van der Waals surface area contributed by atoms with E-state index in [9.17, 15) is 4.79 Å².